The first-order valence-corrected chi connectivity index (χ1v) is 7.00. The van der Waals surface area contributed by atoms with Gasteiger partial charge in [0.1, 0.15) is 0 Å². The number of carboxylic acid groups (broad SMARTS) is 1. The van der Waals surface area contributed by atoms with Crippen LogP contribution in [-0.4, -0.2) is 35.7 Å². The van der Waals surface area contributed by atoms with Crippen molar-refractivity contribution >= 4 is 11.9 Å². The second-order valence-corrected chi connectivity index (χ2v) is 6.15. The molecule has 2 rings (SSSR count). The fourth-order valence-corrected chi connectivity index (χ4v) is 3.22. The van der Waals surface area contributed by atoms with Gasteiger partial charge in [-0.15, -0.1) is 0 Å². The van der Waals surface area contributed by atoms with Crippen molar-refractivity contribution in [2.75, 3.05) is 7.11 Å². The molecule has 2 unspecified atom stereocenters. The summed E-state index contributed by atoms with van der Waals surface area (Å²) in [4.78, 5) is 23.4. The Balaban J connectivity index is 1.93. The second-order valence-electron chi connectivity index (χ2n) is 6.15. The van der Waals surface area contributed by atoms with E-state index in [1.807, 2.05) is 0 Å². The minimum atomic E-state index is -0.824. The van der Waals surface area contributed by atoms with Crippen molar-refractivity contribution in [1.29, 1.82) is 0 Å². The Hall–Kier alpha value is -1.10. The molecule has 108 valence electrons. The summed E-state index contributed by atoms with van der Waals surface area (Å²) < 4.78 is 5.43. The summed E-state index contributed by atoms with van der Waals surface area (Å²) in [6, 6.07) is -0.258. The Morgan fingerprint density at radius 2 is 2.00 bits per heavy atom. The summed E-state index contributed by atoms with van der Waals surface area (Å²) in [6.07, 6.45) is 5.49. The van der Waals surface area contributed by atoms with Gasteiger partial charge in [-0.25, -0.2) is 0 Å². The van der Waals surface area contributed by atoms with Crippen LogP contribution in [0.1, 0.15) is 51.9 Å². The molecule has 0 aromatic carbocycles. The van der Waals surface area contributed by atoms with E-state index in [0.29, 0.717) is 12.8 Å². The molecular formula is C14H23NO4. The van der Waals surface area contributed by atoms with Gasteiger partial charge in [0, 0.05) is 13.2 Å². The summed E-state index contributed by atoms with van der Waals surface area (Å²) in [5.41, 5.74) is -1.13. The normalized spacial score (nSPS) is 32.6. The smallest absolute Gasteiger partial charge is 0.311 e. The lowest BCUT2D eigenvalue weighted by Gasteiger charge is -2.40. The van der Waals surface area contributed by atoms with Gasteiger partial charge in [0.25, 0.3) is 0 Å². The molecule has 2 atom stereocenters. The van der Waals surface area contributed by atoms with Gasteiger partial charge in [0.15, 0.2) is 0 Å². The summed E-state index contributed by atoms with van der Waals surface area (Å²) in [5, 5.41) is 12.2. The van der Waals surface area contributed by atoms with E-state index in [4.69, 9.17) is 4.74 Å². The number of ether oxygens (including phenoxy) is 1. The minimum Gasteiger partial charge on any atom is -0.481 e. The number of carbonyl (C=O) groups is 2. The van der Waals surface area contributed by atoms with Crippen LogP contribution < -0.4 is 5.32 Å². The summed E-state index contributed by atoms with van der Waals surface area (Å²) in [5.74, 6) is -0.902. The Kier molecular flexibility index (Phi) is 3.85. The zero-order chi connectivity index (χ0) is 14.1. The molecule has 0 aromatic heterocycles. The quantitative estimate of drug-likeness (QED) is 0.796. The molecular weight excluding hydrogens is 246 g/mol. The first-order valence-electron chi connectivity index (χ1n) is 7.00. The highest BCUT2D eigenvalue weighted by atomic mass is 16.5. The summed E-state index contributed by atoms with van der Waals surface area (Å²) in [7, 11) is 1.64. The molecule has 2 saturated carbocycles. The first kappa shape index (κ1) is 14.3. The maximum Gasteiger partial charge on any atom is 0.311 e. The number of aliphatic carboxylic acids is 1. The van der Waals surface area contributed by atoms with Crippen LogP contribution in [0.3, 0.4) is 0 Å². The highest BCUT2D eigenvalue weighted by Crippen LogP contribution is 2.40. The average molecular weight is 269 g/mol. The van der Waals surface area contributed by atoms with E-state index in [1.165, 1.54) is 0 Å². The van der Waals surface area contributed by atoms with Crippen LogP contribution in [0.2, 0.25) is 0 Å². The third-order valence-electron chi connectivity index (χ3n) is 4.96. The SMILES string of the molecule is COC1(CC(=O)NC2CCCC2(C)C(=O)O)CCC1. The predicted octanol–water partition coefficient (Wildman–Crippen LogP) is 1.71. The van der Waals surface area contributed by atoms with Crippen LogP contribution in [-0.2, 0) is 14.3 Å². The fourth-order valence-electron chi connectivity index (χ4n) is 3.22. The first-order chi connectivity index (χ1) is 8.92. The molecule has 2 aliphatic carbocycles. The maximum absolute atomic E-state index is 12.1. The van der Waals surface area contributed by atoms with Crippen LogP contribution in [0.5, 0.6) is 0 Å². The van der Waals surface area contributed by atoms with Crippen LogP contribution in [0.4, 0.5) is 0 Å². The molecule has 0 spiro atoms. The van der Waals surface area contributed by atoms with E-state index in [2.05, 4.69) is 5.32 Å². The molecule has 5 nitrogen and oxygen atoms in total. The van der Waals surface area contributed by atoms with Crippen molar-refractivity contribution in [3.8, 4) is 0 Å². The van der Waals surface area contributed by atoms with Crippen molar-refractivity contribution in [2.24, 2.45) is 5.41 Å². The van der Waals surface area contributed by atoms with E-state index < -0.39 is 11.4 Å². The van der Waals surface area contributed by atoms with Crippen molar-refractivity contribution in [3.05, 3.63) is 0 Å². The van der Waals surface area contributed by atoms with Crippen LogP contribution in [0, 0.1) is 5.41 Å². The van der Waals surface area contributed by atoms with Crippen LogP contribution in [0.15, 0.2) is 0 Å². The number of hydrogen-bond donors (Lipinski definition) is 2. The van der Waals surface area contributed by atoms with Gasteiger partial charge in [-0.05, 0) is 39.0 Å². The largest absolute Gasteiger partial charge is 0.481 e. The van der Waals surface area contributed by atoms with E-state index in [-0.39, 0.29) is 17.6 Å². The Morgan fingerprint density at radius 3 is 2.47 bits per heavy atom. The van der Waals surface area contributed by atoms with Crippen molar-refractivity contribution in [1.82, 2.24) is 5.32 Å². The zero-order valence-corrected chi connectivity index (χ0v) is 11.7. The van der Waals surface area contributed by atoms with Gasteiger partial charge in [0.2, 0.25) is 5.91 Å². The summed E-state index contributed by atoms with van der Waals surface area (Å²) >= 11 is 0. The molecule has 0 heterocycles. The lowest BCUT2D eigenvalue weighted by atomic mass is 9.77. The lowest BCUT2D eigenvalue weighted by molar-refractivity contribution is -0.149. The molecule has 1 amide bonds. The van der Waals surface area contributed by atoms with Crippen LogP contribution >= 0.6 is 0 Å². The van der Waals surface area contributed by atoms with E-state index in [0.717, 1.165) is 32.1 Å². The van der Waals surface area contributed by atoms with Gasteiger partial charge in [-0.2, -0.15) is 0 Å². The monoisotopic (exact) mass is 269 g/mol. The molecule has 0 saturated heterocycles. The lowest BCUT2D eigenvalue weighted by Crippen LogP contribution is -2.50. The number of amides is 1. The van der Waals surface area contributed by atoms with E-state index in [9.17, 15) is 14.7 Å². The molecule has 0 radical (unpaired) electrons. The van der Waals surface area contributed by atoms with E-state index in [1.54, 1.807) is 14.0 Å². The zero-order valence-electron chi connectivity index (χ0n) is 11.7. The number of carboxylic acids is 1. The Bertz CT molecular complexity index is 372. The van der Waals surface area contributed by atoms with Crippen molar-refractivity contribution in [3.63, 3.8) is 0 Å². The highest BCUT2D eigenvalue weighted by molar-refractivity contribution is 5.80. The number of nitrogens with one attached hydrogen (secondary N) is 1. The van der Waals surface area contributed by atoms with Crippen molar-refractivity contribution in [2.45, 2.75) is 63.5 Å². The fraction of sp³-hybridized carbons (Fsp3) is 0.857. The minimum absolute atomic E-state index is 0.0825. The second kappa shape index (κ2) is 5.12. The Labute approximate surface area is 113 Å². The topological polar surface area (TPSA) is 75.6 Å². The maximum atomic E-state index is 12.1. The van der Waals surface area contributed by atoms with E-state index >= 15 is 0 Å². The number of rotatable bonds is 5. The molecule has 2 N–H and O–H groups in total. The Morgan fingerprint density at radius 1 is 1.32 bits per heavy atom. The molecule has 2 aliphatic rings. The third-order valence-corrected chi connectivity index (χ3v) is 4.96. The van der Waals surface area contributed by atoms with Crippen LogP contribution in [0.25, 0.3) is 0 Å². The standard InChI is InChI=1S/C14H23NO4/c1-13(12(17)18)6-3-5-10(13)15-11(16)9-14(19-2)7-4-8-14/h10H,3-9H2,1-2H3,(H,15,16)(H,17,18). The average Bonchev–Trinajstić information content (AvgIpc) is 2.67. The van der Waals surface area contributed by atoms with Gasteiger partial charge in [-0.3, -0.25) is 9.59 Å². The van der Waals surface area contributed by atoms with Gasteiger partial charge in [0.05, 0.1) is 17.4 Å². The third kappa shape index (κ3) is 2.61. The number of methoxy groups -OCH3 is 1. The molecule has 0 bridgehead atoms. The molecule has 19 heavy (non-hydrogen) atoms. The number of carbonyl (C=O) groups excluding carboxylic acids is 1. The molecule has 0 aromatic rings. The molecule has 5 heteroatoms. The molecule has 2 fully saturated rings. The van der Waals surface area contributed by atoms with Gasteiger partial charge < -0.3 is 15.2 Å². The van der Waals surface area contributed by atoms with Gasteiger partial charge in [-0.1, -0.05) is 6.42 Å². The molecule has 0 aliphatic heterocycles. The highest BCUT2D eigenvalue weighted by Gasteiger charge is 2.47. The number of hydrogen-bond acceptors (Lipinski definition) is 3. The van der Waals surface area contributed by atoms with Gasteiger partial charge >= 0.3 is 5.97 Å². The van der Waals surface area contributed by atoms with Crippen molar-refractivity contribution < 1.29 is 19.4 Å². The summed E-state index contributed by atoms with van der Waals surface area (Å²) in [6.45, 7) is 1.72. The predicted molar refractivity (Wildman–Crippen MR) is 69.7 cm³/mol.